The van der Waals surface area contributed by atoms with Gasteiger partial charge in [-0.1, -0.05) is 33.1 Å². The van der Waals surface area contributed by atoms with Gasteiger partial charge in [0.25, 0.3) is 0 Å². The van der Waals surface area contributed by atoms with Crippen LogP contribution in [0.4, 0.5) is 0 Å². The lowest BCUT2D eigenvalue weighted by atomic mass is 10.4. The number of rotatable bonds is 4. The molecule has 2 aliphatic rings. The van der Waals surface area contributed by atoms with E-state index in [1.807, 2.05) is 0 Å². The first-order valence-electron chi connectivity index (χ1n) is 7.87. The van der Waals surface area contributed by atoms with Crippen LogP contribution in [0.2, 0.25) is 31.4 Å². The van der Waals surface area contributed by atoms with E-state index in [0.29, 0.717) is 0 Å². The number of hydrogen-bond donors (Lipinski definition) is 0. The zero-order valence-electron chi connectivity index (χ0n) is 13.1. The van der Waals surface area contributed by atoms with Gasteiger partial charge in [-0.2, -0.15) is 0 Å². The third-order valence-electron chi connectivity index (χ3n) is 5.96. The lowest BCUT2D eigenvalue weighted by molar-refractivity contribution is 0.491. The zero-order valence-corrected chi connectivity index (χ0v) is 15.1. The largest absolute Gasteiger partial charge is 0.324 e. The summed E-state index contributed by atoms with van der Waals surface area (Å²) in [5, 5.41) is 0.973. The van der Waals surface area contributed by atoms with Crippen LogP contribution in [0.1, 0.15) is 32.6 Å². The Labute approximate surface area is 116 Å². The molecular weight excluding hydrogens is 252 g/mol. The molecule has 2 aliphatic heterocycles. The first-order chi connectivity index (χ1) is 8.37. The molecule has 0 aromatic rings. The van der Waals surface area contributed by atoms with E-state index >= 15 is 0 Å². The van der Waals surface area contributed by atoms with Crippen LogP contribution in [0.25, 0.3) is 0 Å². The molecule has 2 saturated heterocycles. The van der Waals surface area contributed by atoms with Crippen molar-refractivity contribution in [1.82, 2.24) is 9.13 Å². The van der Waals surface area contributed by atoms with E-state index in [0.717, 1.165) is 5.16 Å². The molecule has 0 radical (unpaired) electrons. The first-order valence-corrected chi connectivity index (χ1v) is 13.9. The third kappa shape index (κ3) is 2.62. The van der Waals surface area contributed by atoms with Gasteiger partial charge in [-0.25, -0.2) is 0 Å². The molecule has 106 valence electrons. The molecule has 4 heteroatoms. The van der Waals surface area contributed by atoms with Gasteiger partial charge in [-0.3, -0.25) is 0 Å². The Morgan fingerprint density at radius 3 is 1.22 bits per heavy atom. The fraction of sp³-hybridized carbons (Fsp3) is 1.00. The highest BCUT2D eigenvalue weighted by atomic mass is 28.4. The molecule has 0 aromatic heterocycles. The number of nitrogens with zero attached hydrogens (tertiary/aromatic N) is 2. The highest BCUT2D eigenvalue weighted by Crippen LogP contribution is 2.38. The van der Waals surface area contributed by atoms with Gasteiger partial charge in [0.05, 0.1) is 0 Å². The van der Waals surface area contributed by atoms with Crippen molar-refractivity contribution in [2.24, 2.45) is 0 Å². The van der Waals surface area contributed by atoms with Crippen LogP contribution < -0.4 is 0 Å². The molecule has 0 saturated carbocycles. The van der Waals surface area contributed by atoms with Crippen LogP contribution >= 0.6 is 0 Å². The average Bonchev–Trinajstić information content (AvgIpc) is 3.00. The second kappa shape index (κ2) is 5.39. The van der Waals surface area contributed by atoms with Gasteiger partial charge in [0.1, 0.15) is 16.5 Å². The predicted molar refractivity (Wildman–Crippen MR) is 86.0 cm³/mol. The van der Waals surface area contributed by atoms with Crippen molar-refractivity contribution in [3.8, 4) is 0 Å². The predicted octanol–water partition coefficient (Wildman–Crippen LogP) is 3.52. The van der Waals surface area contributed by atoms with Crippen molar-refractivity contribution in [3.05, 3.63) is 0 Å². The third-order valence-corrected chi connectivity index (χ3v) is 18.6. The molecule has 2 fully saturated rings. The van der Waals surface area contributed by atoms with E-state index in [9.17, 15) is 0 Å². The second-order valence-electron chi connectivity index (χ2n) is 7.42. The molecule has 0 amide bonds. The molecule has 0 unspecified atom stereocenters. The van der Waals surface area contributed by atoms with E-state index in [-0.39, 0.29) is 0 Å². The van der Waals surface area contributed by atoms with Crippen LogP contribution in [0, 0.1) is 0 Å². The van der Waals surface area contributed by atoms with E-state index in [1.54, 1.807) is 0 Å². The number of hydrogen-bond acceptors (Lipinski definition) is 2. The van der Waals surface area contributed by atoms with E-state index in [4.69, 9.17) is 0 Å². The normalized spacial score (nSPS) is 24.3. The lowest BCUT2D eigenvalue weighted by Crippen LogP contribution is -2.62. The minimum atomic E-state index is -1.22. The molecule has 0 N–H and O–H groups in total. The van der Waals surface area contributed by atoms with Crippen LogP contribution in [0.3, 0.4) is 0 Å². The standard InChI is InChI=1S/C14H32N2Si2/c1-14(17(2,3)15-10-6-7-11-15)18(4,5)16-12-8-9-13-16/h14H,6-13H2,1-5H3. The Morgan fingerprint density at radius 2 is 0.944 bits per heavy atom. The van der Waals surface area contributed by atoms with Crippen molar-refractivity contribution in [3.63, 3.8) is 0 Å². The maximum absolute atomic E-state index is 2.89. The molecule has 0 aliphatic carbocycles. The topological polar surface area (TPSA) is 6.48 Å². The zero-order chi connectivity index (χ0) is 13.4. The Hall–Kier alpha value is 0.354. The van der Waals surface area contributed by atoms with Gasteiger partial charge in [-0.15, -0.1) is 0 Å². The molecule has 0 bridgehead atoms. The van der Waals surface area contributed by atoms with Gasteiger partial charge in [0.2, 0.25) is 0 Å². The molecule has 0 spiro atoms. The van der Waals surface area contributed by atoms with E-state index in [1.165, 1.54) is 51.9 Å². The van der Waals surface area contributed by atoms with Gasteiger partial charge in [0, 0.05) is 0 Å². The van der Waals surface area contributed by atoms with Gasteiger partial charge >= 0.3 is 0 Å². The summed E-state index contributed by atoms with van der Waals surface area (Å²) >= 11 is 0. The highest BCUT2D eigenvalue weighted by Gasteiger charge is 2.48. The Morgan fingerprint density at radius 1 is 0.667 bits per heavy atom. The summed E-state index contributed by atoms with van der Waals surface area (Å²) < 4.78 is 5.78. The molecule has 0 aromatic carbocycles. The van der Waals surface area contributed by atoms with Crippen LogP contribution in [-0.4, -0.2) is 51.8 Å². The summed E-state index contributed by atoms with van der Waals surface area (Å²) in [5.41, 5.74) is 0. The molecule has 2 rings (SSSR count). The van der Waals surface area contributed by atoms with Gasteiger partial charge < -0.3 is 9.13 Å². The summed E-state index contributed by atoms with van der Waals surface area (Å²) in [6.45, 7) is 18.7. The fourth-order valence-corrected chi connectivity index (χ4v) is 16.0. The van der Waals surface area contributed by atoms with Gasteiger partial charge in [-0.05, 0) is 57.0 Å². The maximum atomic E-state index is 2.89. The van der Waals surface area contributed by atoms with Crippen molar-refractivity contribution in [2.75, 3.05) is 26.2 Å². The van der Waals surface area contributed by atoms with E-state index < -0.39 is 16.5 Å². The lowest BCUT2D eigenvalue weighted by Gasteiger charge is -2.48. The van der Waals surface area contributed by atoms with Crippen LogP contribution in [0.5, 0.6) is 0 Å². The van der Waals surface area contributed by atoms with Gasteiger partial charge in [0.15, 0.2) is 0 Å². The van der Waals surface area contributed by atoms with Crippen molar-refractivity contribution < 1.29 is 0 Å². The maximum Gasteiger partial charge on any atom is 0.123 e. The quantitative estimate of drug-likeness (QED) is 0.729. The monoisotopic (exact) mass is 284 g/mol. The highest BCUT2D eigenvalue weighted by molar-refractivity contribution is 6.94. The summed E-state index contributed by atoms with van der Waals surface area (Å²) in [5.74, 6) is 0. The molecule has 18 heavy (non-hydrogen) atoms. The Balaban J connectivity index is 2.10. The fourth-order valence-electron chi connectivity index (χ4n) is 4.00. The Bertz CT molecular complexity index is 252. The molecule has 2 heterocycles. The molecular formula is C14H32N2Si2. The second-order valence-corrected chi connectivity index (χ2v) is 17.6. The first kappa shape index (κ1) is 14.8. The average molecular weight is 285 g/mol. The summed E-state index contributed by atoms with van der Waals surface area (Å²) in [4.78, 5) is 0. The molecule has 0 atom stereocenters. The Kier molecular flexibility index (Phi) is 4.42. The molecule has 2 nitrogen and oxygen atoms in total. The smallest absolute Gasteiger partial charge is 0.123 e. The summed E-state index contributed by atoms with van der Waals surface area (Å²) in [7, 11) is -2.45. The summed E-state index contributed by atoms with van der Waals surface area (Å²) in [6, 6.07) is 0. The van der Waals surface area contributed by atoms with Crippen molar-refractivity contribution >= 4 is 16.5 Å². The minimum absolute atomic E-state index is 0.973. The van der Waals surface area contributed by atoms with Crippen molar-refractivity contribution in [1.29, 1.82) is 0 Å². The van der Waals surface area contributed by atoms with Crippen molar-refractivity contribution in [2.45, 2.75) is 64.0 Å². The summed E-state index contributed by atoms with van der Waals surface area (Å²) in [6.07, 6.45) is 5.76. The SMILES string of the molecule is CC([Si](C)(C)N1CCCC1)[Si](C)(C)N1CCCC1. The van der Waals surface area contributed by atoms with Crippen LogP contribution in [-0.2, 0) is 0 Å². The van der Waals surface area contributed by atoms with Crippen LogP contribution in [0.15, 0.2) is 0 Å². The minimum Gasteiger partial charge on any atom is -0.324 e. The van der Waals surface area contributed by atoms with E-state index in [2.05, 4.69) is 42.2 Å².